The maximum absolute atomic E-state index is 12.5. The van der Waals surface area contributed by atoms with Gasteiger partial charge in [-0.3, -0.25) is 0 Å². The molecule has 25 heavy (non-hydrogen) atoms. The van der Waals surface area contributed by atoms with E-state index in [2.05, 4.69) is 9.93 Å². The third kappa shape index (κ3) is 3.62. The van der Waals surface area contributed by atoms with Gasteiger partial charge in [0.1, 0.15) is 5.69 Å². The number of rotatable bonds is 5. The van der Waals surface area contributed by atoms with E-state index in [1.54, 1.807) is 42.5 Å². The number of hydrogen-bond donors (Lipinski definition) is 1. The third-order valence-corrected chi connectivity index (χ3v) is 4.84. The quantitative estimate of drug-likeness (QED) is 0.542. The summed E-state index contributed by atoms with van der Waals surface area (Å²) in [5.74, 6) is -0.485. The zero-order valence-electron chi connectivity index (χ0n) is 12.5. The van der Waals surface area contributed by atoms with E-state index in [4.69, 9.17) is 11.6 Å². The molecule has 3 aromatic rings. The number of nitro groups is 1. The van der Waals surface area contributed by atoms with Crippen LogP contribution < -0.4 is 4.83 Å². The standard InChI is InChI=1S/C15H11ClN4O4S/c16-12-8-6-11(7-9-12)14-10-15(20(21)22)17-19(14)18-25(23,24)13-4-2-1-3-5-13/h1-10,18H. The molecule has 0 fully saturated rings. The van der Waals surface area contributed by atoms with Crippen LogP contribution in [0.3, 0.4) is 0 Å². The summed E-state index contributed by atoms with van der Waals surface area (Å²) in [5.41, 5.74) is 0.726. The van der Waals surface area contributed by atoms with Gasteiger partial charge in [0, 0.05) is 10.6 Å². The van der Waals surface area contributed by atoms with Crippen LogP contribution in [0.2, 0.25) is 5.02 Å². The van der Waals surface area contributed by atoms with E-state index in [1.165, 1.54) is 18.2 Å². The van der Waals surface area contributed by atoms with Crippen molar-refractivity contribution in [3.8, 4) is 11.3 Å². The van der Waals surface area contributed by atoms with Gasteiger partial charge in [0.25, 0.3) is 10.0 Å². The molecule has 0 bridgehead atoms. The van der Waals surface area contributed by atoms with Crippen LogP contribution >= 0.6 is 11.6 Å². The molecule has 1 heterocycles. The summed E-state index contributed by atoms with van der Waals surface area (Å²) >= 11 is 5.84. The molecule has 1 aromatic heterocycles. The second-order valence-electron chi connectivity index (χ2n) is 4.97. The Bertz CT molecular complexity index is 1020. The topological polar surface area (TPSA) is 107 Å². The molecule has 3 rings (SSSR count). The monoisotopic (exact) mass is 378 g/mol. The number of sulfonamides is 1. The Hall–Kier alpha value is -2.91. The minimum atomic E-state index is -3.96. The fourth-order valence-corrected chi connectivity index (χ4v) is 3.23. The maximum Gasteiger partial charge on any atom is 0.392 e. The smallest absolute Gasteiger partial charge is 0.358 e. The molecule has 8 nitrogen and oxygen atoms in total. The molecule has 0 spiro atoms. The lowest BCUT2D eigenvalue weighted by molar-refractivity contribution is -0.389. The fourth-order valence-electron chi connectivity index (χ4n) is 2.12. The molecule has 0 aliphatic heterocycles. The van der Waals surface area contributed by atoms with Crippen molar-refractivity contribution in [2.45, 2.75) is 4.90 Å². The number of nitrogens with zero attached hydrogens (tertiary/aromatic N) is 3. The second-order valence-corrected chi connectivity index (χ2v) is 7.07. The molecule has 0 atom stereocenters. The zero-order valence-corrected chi connectivity index (χ0v) is 14.1. The van der Waals surface area contributed by atoms with E-state index in [-0.39, 0.29) is 10.6 Å². The first kappa shape index (κ1) is 16.9. The minimum absolute atomic E-state index is 0.00945. The highest BCUT2D eigenvalue weighted by Gasteiger charge is 2.24. The van der Waals surface area contributed by atoms with E-state index in [1.807, 2.05) is 0 Å². The first-order chi connectivity index (χ1) is 11.9. The average molecular weight is 379 g/mol. The highest BCUT2D eigenvalue weighted by Crippen LogP contribution is 2.25. The van der Waals surface area contributed by atoms with E-state index < -0.39 is 20.8 Å². The van der Waals surface area contributed by atoms with Crippen molar-refractivity contribution >= 4 is 27.4 Å². The Kier molecular flexibility index (Phi) is 4.43. The highest BCUT2D eigenvalue weighted by atomic mass is 35.5. The predicted octanol–water partition coefficient (Wildman–Crippen LogP) is 3.04. The van der Waals surface area contributed by atoms with Crippen molar-refractivity contribution in [1.29, 1.82) is 0 Å². The van der Waals surface area contributed by atoms with Crippen LogP contribution in [-0.4, -0.2) is 23.2 Å². The van der Waals surface area contributed by atoms with Gasteiger partial charge in [-0.2, -0.15) is 13.2 Å². The molecule has 0 saturated heterocycles. The Balaban J connectivity index is 2.06. The second kappa shape index (κ2) is 6.54. The summed E-state index contributed by atoms with van der Waals surface area (Å²) in [6, 6.07) is 15.2. The number of nitrogens with one attached hydrogen (secondary N) is 1. The van der Waals surface area contributed by atoms with Gasteiger partial charge in [-0.15, -0.1) is 0 Å². The molecule has 0 unspecified atom stereocenters. The lowest BCUT2D eigenvalue weighted by Crippen LogP contribution is -2.25. The Morgan fingerprint density at radius 1 is 1.08 bits per heavy atom. The number of halogens is 1. The van der Waals surface area contributed by atoms with E-state index in [9.17, 15) is 18.5 Å². The third-order valence-electron chi connectivity index (χ3n) is 3.28. The molecular formula is C15H11ClN4O4S. The molecule has 2 aromatic carbocycles. The summed E-state index contributed by atoms with van der Waals surface area (Å²) in [4.78, 5) is 13.4. The fraction of sp³-hybridized carbons (Fsp3) is 0. The van der Waals surface area contributed by atoms with Crippen molar-refractivity contribution in [2.24, 2.45) is 0 Å². The van der Waals surface area contributed by atoms with Gasteiger partial charge in [-0.1, -0.05) is 46.7 Å². The van der Waals surface area contributed by atoms with Crippen molar-refractivity contribution in [3.05, 3.63) is 75.8 Å². The number of aromatic nitrogens is 2. The lowest BCUT2D eigenvalue weighted by atomic mass is 10.1. The molecule has 0 saturated carbocycles. The highest BCUT2D eigenvalue weighted by molar-refractivity contribution is 7.92. The van der Waals surface area contributed by atoms with Gasteiger partial charge in [0.15, 0.2) is 0 Å². The molecule has 1 N–H and O–H groups in total. The Morgan fingerprint density at radius 3 is 2.32 bits per heavy atom. The van der Waals surface area contributed by atoms with Crippen LogP contribution in [-0.2, 0) is 10.0 Å². The van der Waals surface area contributed by atoms with E-state index in [0.29, 0.717) is 10.6 Å². The molecular weight excluding hydrogens is 368 g/mol. The summed E-state index contributed by atoms with van der Waals surface area (Å²) in [7, 11) is -3.96. The Labute approximate surface area is 147 Å². The van der Waals surface area contributed by atoms with Crippen molar-refractivity contribution in [3.63, 3.8) is 0 Å². The SMILES string of the molecule is O=[N+]([O-])c1cc(-c2ccc(Cl)cc2)n(NS(=O)(=O)c2ccccc2)n1. The normalized spacial score (nSPS) is 11.2. The van der Waals surface area contributed by atoms with E-state index >= 15 is 0 Å². The van der Waals surface area contributed by atoms with Crippen LogP contribution in [0.5, 0.6) is 0 Å². The minimum Gasteiger partial charge on any atom is -0.358 e. The van der Waals surface area contributed by atoms with Gasteiger partial charge in [0.2, 0.25) is 0 Å². The van der Waals surface area contributed by atoms with Crippen LogP contribution in [0.1, 0.15) is 0 Å². The summed E-state index contributed by atoms with van der Waals surface area (Å²) in [6.07, 6.45) is 0. The molecule has 128 valence electrons. The van der Waals surface area contributed by atoms with Crippen LogP contribution in [0, 0.1) is 10.1 Å². The molecule has 0 amide bonds. The van der Waals surface area contributed by atoms with Gasteiger partial charge in [-0.25, -0.2) is 0 Å². The first-order valence-electron chi connectivity index (χ1n) is 6.95. The largest absolute Gasteiger partial charge is 0.392 e. The Morgan fingerprint density at radius 2 is 1.72 bits per heavy atom. The predicted molar refractivity (Wildman–Crippen MR) is 92.3 cm³/mol. The van der Waals surface area contributed by atoms with Crippen molar-refractivity contribution in [2.75, 3.05) is 4.83 Å². The number of benzene rings is 2. The average Bonchev–Trinajstić information content (AvgIpc) is 3.00. The van der Waals surface area contributed by atoms with Gasteiger partial charge in [0.05, 0.1) is 16.1 Å². The summed E-state index contributed by atoms with van der Waals surface area (Å²) < 4.78 is 24.9. The van der Waals surface area contributed by atoms with Gasteiger partial charge in [-0.05, 0) is 29.2 Å². The van der Waals surface area contributed by atoms with Crippen LogP contribution in [0.25, 0.3) is 11.3 Å². The summed E-state index contributed by atoms with van der Waals surface area (Å²) in [5, 5.41) is 15.2. The van der Waals surface area contributed by atoms with E-state index in [0.717, 1.165) is 4.79 Å². The van der Waals surface area contributed by atoms with Crippen molar-refractivity contribution in [1.82, 2.24) is 9.89 Å². The van der Waals surface area contributed by atoms with Gasteiger partial charge < -0.3 is 10.1 Å². The molecule has 10 heteroatoms. The van der Waals surface area contributed by atoms with Crippen molar-refractivity contribution < 1.29 is 13.3 Å². The van der Waals surface area contributed by atoms with Crippen LogP contribution in [0.15, 0.2) is 65.6 Å². The summed E-state index contributed by atoms with van der Waals surface area (Å²) in [6.45, 7) is 0. The maximum atomic E-state index is 12.5. The molecule has 0 radical (unpaired) electrons. The van der Waals surface area contributed by atoms with Crippen LogP contribution in [0.4, 0.5) is 5.82 Å². The zero-order chi connectivity index (χ0) is 18.0. The first-order valence-corrected chi connectivity index (χ1v) is 8.81. The number of hydrogen-bond acceptors (Lipinski definition) is 5. The molecule has 0 aliphatic carbocycles. The van der Waals surface area contributed by atoms with Gasteiger partial charge >= 0.3 is 5.82 Å². The molecule has 0 aliphatic rings. The lowest BCUT2D eigenvalue weighted by Gasteiger charge is -2.08.